The molecule has 2 amide bonds. The first kappa shape index (κ1) is 24.0. The van der Waals surface area contributed by atoms with Crippen LogP contribution in [-0.2, 0) is 16.0 Å². The van der Waals surface area contributed by atoms with E-state index in [0.717, 1.165) is 35.1 Å². The molecule has 0 spiro atoms. The molecular formula is C25H27ClN4O3S. The number of rotatable bonds is 8. The minimum atomic E-state index is -0.213. The smallest absolute Gasteiger partial charge is 0.242 e. The number of anilines is 1. The molecule has 1 fully saturated rings. The zero-order chi connectivity index (χ0) is 23.9. The van der Waals surface area contributed by atoms with Crippen molar-refractivity contribution in [3.8, 4) is 16.3 Å². The van der Waals surface area contributed by atoms with Gasteiger partial charge in [-0.2, -0.15) is 0 Å². The van der Waals surface area contributed by atoms with Gasteiger partial charge >= 0.3 is 0 Å². The third-order valence-corrected chi connectivity index (χ3v) is 6.72. The molecule has 1 N–H and O–H groups in total. The van der Waals surface area contributed by atoms with Gasteiger partial charge in [0.05, 0.1) is 25.3 Å². The van der Waals surface area contributed by atoms with Gasteiger partial charge in [-0.25, -0.2) is 4.98 Å². The summed E-state index contributed by atoms with van der Waals surface area (Å²) in [5, 5.41) is 6.16. The number of carbonyl (C=O) groups excluding carboxylic acids is 2. The van der Waals surface area contributed by atoms with E-state index in [2.05, 4.69) is 15.2 Å². The summed E-state index contributed by atoms with van der Waals surface area (Å²) in [5.41, 5.74) is 2.72. The Hall–Kier alpha value is -3.10. The molecule has 1 aliphatic heterocycles. The van der Waals surface area contributed by atoms with Crippen LogP contribution >= 0.6 is 22.9 Å². The third kappa shape index (κ3) is 6.27. The molecule has 3 aromatic rings. The minimum Gasteiger partial charge on any atom is -0.494 e. The van der Waals surface area contributed by atoms with Gasteiger partial charge in [0.15, 0.2) is 0 Å². The highest BCUT2D eigenvalue weighted by Gasteiger charge is 2.22. The number of benzene rings is 2. The molecule has 0 atom stereocenters. The number of nitrogens with one attached hydrogen (secondary N) is 1. The second kappa shape index (κ2) is 11.4. The van der Waals surface area contributed by atoms with Gasteiger partial charge in [-0.3, -0.25) is 9.59 Å². The Morgan fingerprint density at radius 3 is 2.59 bits per heavy atom. The number of nitrogens with zero attached hydrogens (tertiary/aromatic N) is 3. The fourth-order valence-corrected chi connectivity index (χ4v) is 4.79. The van der Waals surface area contributed by atoms with E-state index in [1.165, 1.54) is 11.3 Å². The van der Waals surface area contributed by atoms with E-state index in [0.29, 0.717) is 30.4 Å². The summed E-state index contributed by atoms with van der Waals surface area (Å²) in [7, 11) is 0. The van der Waals surface area contributed by atoms with Gasteiger partial charge in [0.1, 0.15) is 10.8 Å². The molecule has 9 heteroatoms. The molecule has 2 aromatic carbocycles. The van der Waals surface area contributed by atoms with Crippen LogP contribution in [0.4, 0.5) is 5.69 Å². The van der Waals surface area contributed by atoms with Gasteiger partial charge in [0, 0.05) is 47.8 Å². The van der Waals surface area contributed by atoms with E-state index < -0.39 is 0 Å². The molecule has 0 aliphatic carbocycles. The Kier molecular flexibility index (Phi) is 8.03. The van der Waals surface area contributed by atoms with Crippen LogP contribution in [0.25, 0.3) is 10.6 Å². The zero-order valence-electron chi connectivity index (χ0n) is 19.0. The molecule has 1 aliphatic rings. The summed E-state index contributed by atoms with van der Waals surface area (Å²) in [5.74, 6) is 0.528. The average Bonchev–Trinajstić information content (AvgIpc) is 3.31. The Balaban J connectivity index is 1.22. The van der Waals surface area contributed by atoms with Crippen LogP contribution in [0.2, 0.25) is 5.02 Å². The van der Waals surface area contributed by atoms with Crippen molar-refractivity contribution in [1.82, 2.24) is 15.2 Å². The van der Waals surface area contributed by atoms with Gasteiger partial charge in [-0.15, -0.1) is 11.3 Å². The van der Waals surface area contributed by atoms with E-state index in [-0.39, 0.29) is 24.8 Å². The number of halogens is 1. The summed E-state index contributed by atoms with van der Waals surface area (Å²) in [6.45, 7) is 5.24. The van der Waals surface area contributed by atoms with Crippen LogP contribution in [0.15, 0.2) is 53.9 Å². The van der Waals surface area contributed by atoms with Crippen molar-refractivity contribution in [2.75, 3.05) is 44.2 Å². The van der Waals surface area contributed by atoms with Crippen LogP contribution in [0, 0.1) is 0 Å². The van der Waals surface area contributed by atoms with E-state index in [9.17, 15) is 9.59 Å². The monoisotopic (exact) mass is 498 g/mol. The lowest BCUT2D eigenvalue weighted by molar-refractivity contribution is -0.133. The minimum absolute atomic E-state index is 0.00805. The second-order valence-electron chi connectivity index (χ2n) is 7.90. The van der Waals surface area contributed by atoms with E-state index in [4.69, 9.17) is 16.3 Å². The van der Waals surface area contributed by atoms with Crippen molar-refractivity contribution in [3.05, 3.63) is 64.6 Å². The zero-order valence-corrected chi connectivity index (χ0v) is 20.6. The van der Waals surface area contributed by atoms with Crippen molar-refractivity contribution in [2.45, 2.75) is 13.3 Å². The lowest BCUT2D eigenvalue weighted by atomic mass is 10.2. The molecule has 0 radical (unpaired) electrons. The van der Waals surface area contributed by atoms with Crippen LogP contribution in [0.3, 0.4) is 0 Å². The van der Waals surface area contributed by atoms with Crippen molar-refractivity contribution in [3.63, 3.8) is 0 Å². The maximum Gasteiger partial charge on any atom is 0.242 e. The van der Waals surface area contributed by atoms with Crippen LogP contribution < -0.4 is 15.0 Å². The van der Waals surface area contributed by atoms with Crippen LogP contribution in [0.1, 0.15) is 12.6 Å². The number of hydrogen-bond donors (Lipinski definition) is 1. The van der Waals surface area contributed by atoms with Gasteiger partial charge in [0.2, 0.25) is 11.8 Å². The SMILES string of the molecule is CCOc1ccc(-c2nc(CC(=O)NCC(=O)N3CCN(c4cccc(Cl)c4)CC3)cs2)cc1. The second-order valence-corrected chi connectivity index (χ2v) is 9.20. The lowest BCUT2D eigenvalue weighted by Crippen LogP contribution is -2.51. The molecule has 2 heterocycles. The number of aromatic nitrogens is 1. The van der Waals surface area contributed by atoms with E-state index in [1.807, 2.05) is 60.8 Å². The standard InChI is InChI=1S/C25H27ClN4O3S/c1-2-33-22-8-6-18(7-9-22)25-28-20(17-34-25)15-23(31)27-16-24(32)30-12-10-29(11-13-30)21-5-3-4-19(26)14-21/h3-9,14,17H,2,10-13,15-16H2,1H3,(H,27,31). The molecule has 34 heavy (non-hydrogen) atoms. The Bertz CT molecular complexity index is 1130. The maximum atomic E-state index is 12.6. The van der Waals surface area contributed by atoms with Crippen LogP contribution in [0.5, 0.6) is 5.75 Å². The molecule has 178 valence electrons. The molecule has 1 aromatic heterocycles. The fraction of sp³-hybridized carbons (Fsp3) is 0.320. The first-order valence-electron chi connectivity index (χ1n) is 11.2. The van der Waals surface area contributed by atoms with Gasteiger partial charge in [0.25, 0.3) is 0 Å². The third-order valence-electron chi connectivity index (χ3n) is 5.55. The summed E-state index contributed by atoms with van der Waals surface area (Å²) in [6, 6.07) is 15.5. The predicted molar refractivity (Wildman–Crippen MR) is 136 cm³/mol. The topological polar surface area (TPSA) is 74.8 Å². The summed E-state index contributed by atoms with van der Waals surface area (Å²) in [6.07, 6.45) is 0.142. The first-order chi connectivity index (χ1) is 16.5. The molecule has 4 rings (SSSR count). The highest BCUT2D eigenvalue weighted by Crippen LogP contribution is 2.26. The molecule has 1 saturated heterocycles. The molecular weight excluding hydrogens is 472 g/mol. The summed E-state index contributed by atoms with van der Waals surface area (Å²) in [4.78, 5) is 33.5. The molecule has 0 unspecified atom stereocenters. The molecule has 0 bridgehead atoms. The number of amides is 2. The predicted octanol–water partition coefficient (Wildman–Crippen LogP) is 3.87. The Morgan fingerprint density at radius 2 is 1.88 bits per heavy atom. The number of piperazine rings is 1. The Morgan fingerprint density at radius 1 is 1.12 bits per heavy atom. The summed E-state index contributed by atoms with van der Waals surface area (Å²) >= 11 is 7.57. The number of carbonyl (C=O) groups is 2. The largest absolute Gasteiger partial charge is 0.494 e. The van der Waals surface area contributed by atoms with Gasteiger partial charge in [-0.05, 0) is 49.4 Å². The van der Waals surface area contributed by atoms with Crippen molar-refractivity contribution >= 4 is 40.4 Å². The number of thiazole rings is 1. The van der Waals surface area contributed by atoms with Gasteiger partial charge in [-0.1, -0.05) is 17.7 Å². The van der Waals surface area contributed by atoms with E-state index >= 15 is 0 Å². The molecule has 0 saturated carbocycles. The Labute approximate surface area is 208 Å². The number of hydrogen-bond acceptors (Lipinski definition) is 6. The highest BCUT2D eigenvalue weighted by molar-refractivity contribution is 7.13. The maximum absolute atomic E-state index is 12.6. The van der Waals surface area contributed by atoms with E-state index in [1.54, 1.807) is 4.90 Å². The van der Waals surface area contributed by atoms with Crippen molar-refractivity contribution < 1.29 is 14.3 Å². The molecule has 7 nitrogen and oxygen atoms in total. The highest BCUT2D eigenvalue weighted by atomic mass is 35.5. The van der Waals surface area contributed by atoms with Crippen LogP contribution in [-0.4, -0.2) is 61.0 Å². The lowest BCUT2D eigenvalue weighted by Gasteiger charge is -2.36. The quantitative estimate of drug-likeness (QED) is 0.510. The number of ether oxygens (including phenoxy) is 1. The van der Waals surface area contributed by atoms with Gasteiger partial charge < -0.3 is 19.9 Å². The summed E-state index contributed by atoms with van der Waals surface area (Å²) < 4.78 is 5.47. The fourth-order valence-electron chi connectivity index (χ4n) is 3.78. The average molecular weight is 499 g/mol. The van der Waals surface area contributed by atoms with Crippen molar-refractivity contribution in [1.29, 1.82) is 0 Å². The van der Waals surface area contributed by atoms with Crippen molar-refractivity contribution in [2.24, 2.45) is 0 Å². The normalized spacial score (nSPS) is 13.6. The first-order valence-corrected chi connectivity index (χ1v) is 12.5.